The molecule has 31 heavy (non-hydrogen) atoms. The van der Waals surface area contributed by atoms with Gasteiger partial charge in [-0.15, -0.1) is 0 Å². The van der Waals surface area contributed by atoms with E-state index in [0.29, 0.717) is 17.3 Å². The third-order valence-electron chi connectivity index (χ3n) is 4.33. The predicted molar refractivity (Wildman–Crippen MR) is 132 cm³/mol. The van der Waals surface area contributed by atoms with Gasteiger partial charge in [0.15, 0.2) is 22.1 Å². The summed E-state index contributed by atoms with van der Waals surface area (Å²) in [6.45, 7) is 15.5. The van der Waals surface area contributed by atoms with Crippen LogP contribution in [0.25, 0.3) is 22.6 Å². The monoisotopic (exact) mass is 446 g/mol. The van der Waals surface area contributed by atoms with E-state index in [1.54, 1.807) is 0 Å². The summed E-state index contributed by atoms with van der Waals surface area (Å²) in [7, 11) is 2.08. The Morgan fingerprint density at radius 2 is 1.45 bits per heavy atom. The maximum atomic E-state index is 12.4. The van der Waals surface area contributed by atoms with E-state index in [-0.39, 0.29) is 16.2 Å². The molecule has 0 saturated carbocycles. The van der Waals surface area contributed by atoms with Gasteiger partial charge in [-0.3, -0.25) is 4.79 Å². The predicted octanol–water partition coefficient (Wildman–Crippen LogP) is 4.86. The Hall–Kier alpha value is -2.51. The van der Waals surface area contributed by atoms with Crippen molar-refractivity contribution in [3.63, 3.8) is 0 Å². The first kappa shape index (κ1) is 26.5. The fraction of sp³-hybridized carbons (Fsp3) is 0.478. The molecule has 8 heteroatoms. The van der Waals surface area contributed by atoms with E-state index in [1.807, 2.05) is 71.9 Å². The summed E-state index contributed by atoms with van der Waals surface area (Å²) in [6, 6.07) is 9.46. The van der Waals surface area contributed by atoms with E-state index < -0.39 is 0 Å². The lowest BCUT2D eigenvalue weighted by atomic mass is 10.2. The van der Waals surface area contributed by atoms with Gasteiger partial charge in [0, 0.05) is 31.7 Å². The number of likely N-dealkylation sites (N-methyl/N-ethyl adjacent to an activating group) is 1. The molecule has 0 unspecified atom stereocenters. The Morgan fingerprint density at radius 1 is 0.871 bits per heavy atom. The van der Waals surface area contributed by atoms with Gasteiger partial charge in [-0.25, -0.2) is 15.0 Å². The Balaban J connectivity index is 0.000000739. The topological polar surface area (TPSA) is 78.0 Å². The van der Waals surface area contributed by atoms with Crippen molar-refractivity contribution in [2.45, 2.75) is 41.5 Å². The number of anilines is 1. The molecular formula is C23H35ClN6O. The Bertz CT molecular complexity index is 969. The van der Waals surface area contributed by atoms with Gasteiger partial charge in [-0.2, -0.15) is 0 Å². The first-order chi connectivity index (χ1) is 15.1. The highest BCUT2D eigenvalue weighted by Crippen LogP contribution is 2.24. The van der Waals surface area contributed by atoms with Crippen molar-refractivity contribution < 1.29 is 0 Å². The van der Waals surface area contributed by atoms with Crippen molar-refractivity contribution in [2.75, 3.05) is 38.1 Å². The number of hydrogen-bond donors (Lipinski definition) is 1. The fourth-order valence-electron chi connectivity index (χ4n) is 2.88. The first-order valence-electron chi connectivity index (χ1n) is 11.1. The van der Waals surface area contributed by atoms with Gasteiger partial charge in [0.05, 0.1) is 0 Å². The highest BCUT2D eigenvalue weighted by atomic mass is 35.5. The number of nitrogens with zero attached hydrogens (tertiary/aromatic N) is 5. The summed E-state index contributed by atoms with van der Waals surface area (Å²) < 4.78 is 0. The van der Waals surface area contributed by atoms with E-state index in [9.17, 15) is 4.79 Å². The summed E-state index contributed by atoms with van der Waals surface area (Å²) in [5.74, 6) is 1.05. The zero-order valence-corrected chi connectivity index (χ0v) is 20.5. The number of aromatic nitrogens is 4. The summed E-state index contributed by atoms with van der Waals surface area (Å²) in [6.07, 6.45) is 0. The van der Waals surface area contributed by atoms with Crippen LogP contribution >= 0.6 is 11.6 Å². The highest BCUT2D eigenvalue weighted by Gasteiger charge is 2.21. The van der Waals surface area contributed by atoms with Crippen molar-refractivity contribution in [1.82, 2.24) is 24.8 Å². The Kier molecular flexibility index (Phi) is 11.7. The summed E-state index contributed by atoms with van der Waals surface area (Å²) in [4.78, 5) is 32.7. The number of H-pyrrole nitrogens is 1. The van der Waals surface area contributed by atoms with Crippen LogP contribution in [0.4, 0.5) is 5.82 Å². The van der Waals surface area contributed by atoms with Crippen LogP contribution in [0.2, 0.25) is 5.15 Å². The lowest BCUT2D eigenvalue weighted by molar-refractivity contribution is 0.312. The maximum absolute atomic E-state index is 12.4. The quantitative estimate of drug-likeness (QED) is 0.605. The van der Waals surface area contributed by atoms with Crippen LogP contribution in [-0.4, -0.2) is 58.1 Å². The maximum Gasteiger partial charge on any atom is 0.279 e. The van der Waals surface area contributed by atoms with Crippen molar-refractivity contribution in [1.29, 1.82) is 0 Å². The minimum Gasteiger partial charge on any atom is -0.351 e. The number of hydrogen-bond acceptors (Lipinski definition) is 6. The molecule has 1 aromatic carbocycles. The van der Waals surface area contributed by atoms with Gasteiger partial charge in [0.1, 0.15) is 5.82 Å². The second kappa shape index (κ2) is 13.7. The Labute approximate surface area is 190 Å². The lowest BCUT2D eigenvalue weighted by Gasteiger charge is -2.33. The van der Waals surface area contributed by atoms with Gasteiger partial charge in [-0.1, -0.05) is 83.5 Å². The number of fused-ring (bicyclic) bond motifs is 1. The number of piperazine rings is 1. The van der Waals surface area contributed by atoms with Gasteiger partial charge >= 0.3 is 0 Å². The zero-order valence-electron chi connectivity index (χ0n) is 19.7. The molecule has 4 rings (SSSR count). The molecule has 1 fully saturated rings. The zero-order chi connectivity index (χ0) is 23.4. The molecule has 0 amide bonds. The Morgan fingerprint density at radius 3 is 2.03 bits per heavy atom. The van der Waals surface area contributed by atoms with Gasteiger partial charge in [0.2, 0.25) is 0 Å². The molecule has 2 aromatic heterocycles. The molecule has 7 nitrogen and oxygen atoms in total. The molecule has 0 radical (unpaired) electrons. The van der Waals surface area contributed by atoms with Crippen LogP contribution in [0, 0.1) is 0 Å². The molecule has 0 spiro atoms. The summed E-state index contributed by atoms with van der Waals surface area (Å²) in [5.41, 5.74) is 0.936. The molecule has 1 aliphatic rings. The molecule has 3 heterocycles. The molecule has 170 valence electrons. The number of benzene rings is 1. The molecule has 1 saturated heterocycles. The van der Waals surface area contributed by atoms with Crippen molar-refractivity contribution >= 4 is 28.6 Å². The molecule has 3 aromatic rings. The summed E-state index contributed by atoms with van der Waals surface area (Å²) >= 11 is 6.29. The number of rotatable bonds is 2. The standard InChI is InChI=1S/C17H17ClN6O.3C2H6/c1-23-7-9-24(10-8-23)16-13(18)19-12-15(21-16)20-14(22-17(12)25)11-5-3-2-4-6-11;3*1-2/h2-6H,7-10H2,1H3,(H,20,21,22,25);3*1-2H3. The molecule has 1 aliphatic heterocycles. The molecule has 0 aliphatic carbocycles. The minimum absolute atomic E-state index is 0.155. The fourth-order valence-corrected chi connectivity index (χ4v) is 3.13. The van der Waals surface area contributed by atoms with Crippen molar-refractivity contribution in [2.24, 2.45) is 0 Å². The van der Waals surface area contributed by atoms with E-state index >= 15 is 0 Å². The van der Waals surface area contributed by atoms with Crippen LogP contribution < -0.4 is 10.5 Å². The van der Waals surface area contributed by atoms with Gasteiger partial charge < -0.3 is 14.8 Å². The van der Waals surface area contributed by atoms with E-state index in [4.69, 9.17) is 11.6 Å². The third-order valence-corrected chi connectivity index (χ3v) is 4.59. The average molecular weight is 447 g/mol. The highest BCUT2D eigenvalue weighted by molar-refractivity contribution is 6.32. The van der Waals surface area contributed by atoms with E-state index in [2.05, 4.69) is 36.8 Å². The van der Waals surface area contributed by atoms with Crippen molar-refractivity contribution in [3.05, 3.63) is 45.8 Å². The minimum atomic E-state index is -0.344. The lowest BCUT2D eigenvalue weighted by Crippen LogP contribution is -2.45. The molecular weight excluding hydrogens is 412 g/mol. The largest absolute Gasteiger partial charge is 0.351 e. The number of nitrogens with one attached hydrogen (secondary N) is 1. The SMILES string of the molecule is CC.CC.CC.CN1CCN(c2nc3nc(-c4ccccc4)[nH]c(=O)c3nc2Cl)CC1. The van der Waals surface area contributed by atoms with Gasteiger partial charge in [-0.05, 0) is 7.05 Å². The average Bonchev–Trinajstić information content (AvgIpc) is 2.84. The normalized spacial score (nSPS) is 13.2. The number of aromatic amines is 1. The van der Waals surface area contributed by atoms with Crippen molar-refractivity contribution in [3.8, 4) is 11.4 Å². The van der Waals surface area contributed by atoms with Gasteiger partial charge in [0.25, 0.3) is 5.56 Å². The van der Waals surface area contributed by atoms with E-state index in [1.165, 1.54) is 0 Å². The van der Waals surface area contributed by atoms with Crippen LogP contribution in [0.5, 0.6) is 0 Å². The van der Waals surface area contributed by atoms with Crippen LogP contribution in [-0.2, 0) is 0 Å². The smallest absolute Gasteiger partial charge is 0.279 e. The molecule has 0 bridgehead atoms. The number of halogens is 1. The first-order valence-corrected chi connectivity index (χ1v) is 11.5. The van der Waals surface area contributed by atoms with E-state index in [0.717, 1.165) is 31.7 Å². The second-order valence-corrected chi connectivity index (χ2v) is 6.44. The van der Waals surface area contributed by atoms with Crippen LogP contribution in [0.3, 0.4) is 0 Å². The molecule has 0 atom stereocenters. The van der Waals surface area contributed by atoms with Crippen LogP contribution in [0.1, 0.15) is 41.5 Å². The molecule has 1 N–H and O–H groups in total. The summed E-state index contributed by atoms with van der Waals surface area (Å²) in [5, 5.41) is 0.233. The third kappa shape index (κ3) is 6.74. The van der Waals surface area contributed by atoms with Crippen LogP contribution in [0.15, 0.2) is 35.1 Å². The second-order valence-electron chi connectivity index (χ2n) is 6.08.